The Hall–Kier alpha value is -0.845. The topological polar surface area (TPSA) is 66.8 Å². The van der Waals surface area contributed by atoms with Crippen LogP contribution in [0.5, 0.6) is 5.75 Å². The lowest BCUT2D eigenvalue weighted by atomic mass is 9.80. The van der Waals surface area contributed by atoms with Gasteiger partial charge in [-0.2, -0.15) is 0 Å². The molecule has 6 heteroatoms. The molecule has 74 valence electrons. The van der Waals surface area contributed by atoms with Crippen molar-refractivity contribution in [1.82, 2.24) is 0 Å². The molecular weight excluding hydrogens is 251 g/mol. The average molecular weight is 259 g/mol. The molecule has 0 saturated carbocycles. The molecule has 0 aromatic heterocycles. The first-order valence-electron chi connectivity index (χ1n) is 3.79. The van der Waals surface area contributed by atoms with Gasteiger partial charge in [-0.3, -0.25) is 4.79 Å². The lowest BCUT2D eigenvalue weighted by Crippen LogP contribution is -2.31. The number of hydrogen-bond acceptors (Lipinski definition) is 4. The second-order valence-electron chi connectivity index (χ2n) is 2.61. The Balaban J connectivity index is 3.30. The number of carbonyl (C=O) groups excluding carboxylic acids is 1. The summed E-state index contributed by atoms with van der Waals surface area (Å²) in [5.41, 5.74) is 0.608. The van der Waals surface area contributed by atoms with E-state index in [1.165, 1.54) is 19.2 Å². The maximum absolute atomic E-state index is 10.6. The van der Waals surface area contributed by atoms with Crippen LogP contribution >= 0.6 is 15.9 Å². The number of benzene rings is 1. The highest BCUT2D eigenvalue weighted by Gasteiger charge is 2.17. The summed E-state index contributed by atoms with van der Waals surface area (Å²) < 4.78 is 5.36. The third kappa shape index (κ3) is 2.15. The fraction of sp³-hybridized carbons (Fsp3) is 0.125. The molecule has 0 fully saturated rings. The molecule has 1 aromatic rings. The second kappa shape index (κ2) is 4.59. The predicted molar refractivity (Wildman–Crippen MR) is 55.9 cm³/mol. The molecule has 0 amide bonds. The average Bonchev–Trinajstić information content (AvgIpc) is 2.16. The molecule has 0 atom stereocenters. The van der Waals surface area contributed by atoms with Gasteiger partial charge in [0, 0.05) is 4.47 Å². The van der Waals surface area contributed by atoms with Crippen LogP contribution in [0.3, 0.4) is 0 Å². The number of carbonyl (C=O) groups is 1. The highest BCUT2D eigenvalue weighted by molar-refractivity contribution is 9.10. The molecule has 0 saturated heterocycles. The maximum atomic E-state index is 10.6. The molecule has 0 aliphatic carbocycles. The highest BCUT2D eigenvalue weighted by Crippen LogP contribution is 2.19. The second-order valence-corrected chi connectivity index (χ2v) is 3.46. The normalized spacial score (nSPS) is 9.71. The number of aldehydes is 1. The fourth-order valence-electron chi connectivity index (χ4n) is 1.05. The van der Waals surface area contributed by atoms with Crippen molar-refractivity contribution in [2.75, 3.05) is 7.11 Å². The van der Waals surface area contributed by atoms with E-state index >= 15 is 0 Å². The highest BCUT2D eigenvalue weighted by atomic mass is 79.9. The van der Waals surface area contributed by atoms with Gasteiger partial charge in [-0.05, 0) is 17.6 Å². The minimum atomic E-state index is -1.60. The van der Waals surface area contributed by atoms with Crippen LogP contribution in [0.2, 0.25) is 0 Å². The van der Waals surface area contributed by atoms with Crippen LogP contribution < -0.4 is 10.2 Å². The van der Waals surface area contributed by atoms with Gasteiger partial charge < -0.3 is 14.8 Å². The third-order valence-corrected chi connectivity index (χ3v) is 2.44. The molecule has 0 heterocycles. The van der Waals surface area contributed by atoms with Crippen LogP contribution in [-0.4, -0.2) is 30.6 Å². The maximum Gasteiger partial charge on any atom is 0.489 e. The molecule has 0 aliphatic rings. The van der Waals surface area contributed by atoms with Crippen LogP contribution in [-0.2, 0) is 0 Å². The van der Waals surface area contributed by atoms with Crippen LogP contribution in [0.25, 0.3) is 0 Å². The first-order chi connectivity index (χ1) is 6.60. The Morgan fingerprint density at radius 1 is 1.50 bits per heavy atom. The Bertz CT molecular complexity index is 353. The van der Waals surface area contributed by atoms with Gasteiger partial charge in [-0.1, -0.05) is 15.9 Å². The van der Waals surface area contributed by atoms with Crippen molar-refractivity contribution in [2.24, 2.45) is 0 Å². The van der Waals surface area contributed by atoms with Crippen molar-refractivity contribution in [1.29, 1.82) is 0 Å². The van der Waals surface area contributed by atoms with E-state index in [0.29, 0.717) is 22.1 Å². The first kappa shape index (κ1) is 11.2. The van der Waals surface area contributed by atoms with E-state index in [2.05, 4.69) is 15.9 Å². The molecule has 2 N–H and O–H groups in total. The van der Waals surface area contributed by atoms with E-state index in [-0.39, 0.29) is 5.46 Å². The largest absolute Gasteiger partial charge is 0.496 e. The van der Waals surface area contributed by atoms with E-state index in [9.17, 15) is 4.79 Å². The quantitative estimate of drug-likeness (QED) is 0.590. The fourth-order valence-corrected chi connectivity index (χ4v) is 1.62. The summed E-state index contributed by atoms with van der Waals surface area (Å²) in [5, 5.41) is 17.9. The molecule has 14 heavy (non-hydrogen) atoms. The number of methoxy groups -OCH3 is 1. The lowest BCUT2D eigenvalue weighted by molar-refractivity contribution is 0.112. The van der Waals surface area contributed by atoms with Crippen LogP contribution in [0, 0.1) is 0 Å². The van der Waals surface area contributed by atoms with Gasteiger partial charge >= 0.3 is 7.12 Å². The summed E-state index contributed by atoms with van der Waals surface area (Å²) in [6.07, 6.45) is 0.636. The first-order valence-corrected chi connectivity index (χ1v) is 4.58. The Labute approximate surface area is 89.8 Å². The molecule has 1 aromatic carbocycles. The van der Waals surface area contributed by atoms with Gasteiger partial charge in [0.2, 0.25) is 0 Å². The summed E-state index contributed by atoms with van der Waals surface area (Å²) >= 11 is 3.12. The summed E-state index contributed by atoms with van der Waals surface area (Å²) in [6, 6.07) is 2.87. The molecule has 1 rings (SSSR count). The monoisotopic (exact) mass is 258 g/mol. The number of halogens is 1. The van der Waals surface area contributed by atoms with Crippen LogP contribution in [0.1, 0.15) is 10.4 Å². The number of rotatable bonds is 3. The van der Waals surface area contributed by atoms with Gasteiger partial charge in [-0.25, -0.2) is 0 Å². The molecule has 0 aliphatic heterocycles. The van der Waals surface area contributed by atoms with Gasteiger partial charge in [0.15, 0.2) is 6.29 Å². The molecule has 0 bridgehead atoms. The molecular formula is C8H8BBrO4. The van der Waals surface area contributed by atoms with E-state index in [1.807, 2.05) is 0 Å². The summed E-state index contributed by atoms with van der Waals surface area (Å²) in [7, 11) is -0.192. The van der Waals surface area contributed by atoms with E-state index in [0.717, 1.165) is 0 Å². The number of hydrogen-bond donors (Lipinski definition) is 2. The van der Waals surface area contributed by atoms with Gasteiger partial charge in [0.25, 0.3) is 0 Å². The summed E-state index contributed by atoms with van der Waals surface area (Å²) in [5.74, 6) is 0.311. The predicted octanol–water partition coefficient (Wildman–Crippen LogP) is -0.0500. The zero-order valence-electron chi connectivity index (χ0n) is 7.40. The Morgan fingerprint density at radius 3 is 2.57 bits per heavy atom. The Kier molecular flexibility index (Phi) is 3.68. The zero-order valence-corrected chi connectivity index (χ0v) is 8.98. The van der Waals surface area contributed by atoms with Crippen molar-refractivity contribution in [3.63, 3.8) is 0 Å². The van der Waals surface area contributed by atoms with Crippen LogP contribution in [0.15, 0.2) is 16.6 Å². The van der Waals surface area contributed by atoms with E-state index < -0.39 is 7.12 Å². The SMILES string of the molecule is COc1cc(B(O)O)c(Br)cc1C=O. The van der Waals surface area contributed by atoms with Crippen molar-refractivity contribution in [3.05, 3.63) is 22.2 Å². The van der Waals surface area contributed by atoms with E-state index in [1.54, 1.807) is 0 Å². The minimum absolute atomic E-state index is 0.257. The minimum Gasteiger partial charge on any atom is -0.496 e. The number of ether oxygens (including phenoxy) is 1. The molecule has 0 radical (unpaired) electrons. The standard InChI is InChI=1S/C8H8BBrO4/c1-14-8-3-6(9(12)13)7(10)2-5(8)4-11/h2-4,12-13H,1H3. The van der Waals surface area contributed by atoms with Gasteiger partial charge in [-0.15, -0.1) is 0 Å². The summed E-state index contributed by atoms with van der Waals surface area (Å²) in [6.45, 7) is 0. The van der Waals surface area contributed by atoms with Crippen molar-refractivity contribution in [2.45, 2.75) is 0 Å². The molecule has 4 nitrogen and oxygen atoms in total. The van der Waals surface area contributed by atoms with Crippen molar-refractivity contribution in [3.8, 4) is 5.75 Å². The van der Waals surface area contributed by atoms with E-state index in [4.69, 9.17) is 14.8 Å². The van der Waals surface area contributed by atoms with Gasteiger partial charge in [0.1, 0.15) is 5.75 Å². The smallest absolute Gasteiger partial charge is 0.489 e. The summed E-state index contributed by atoms with van der Waals surface area (Å²) in [4.78, 5) is 10.6. The van der Waals surface area contributed by atoms with Crippen molar-refractivity contribution < 1.29 is 19.6 Å². The zero-order chi connectivity index (χ0) is 10.7. The van der Waals surface area contributed by atoms with Crippen LogP contribution in [0.4, 0.5) is 0 Å². The van der Waals surface area contributed by atoms with Crippen molar-refractivity contribution >= 4 is 34.8 Å². The Morgan fingerprint density at radius 2 is 2.14 bits per heavy atom. The molecule has 0 unspecified atom stereocenters. The molecule has 0 spiro atoms. The third-order valence-electron chi connectivity index (χ3n) is 1.75. The van der Waals surface area contributed by atoms with Gasteiger partial charge in [0.05, 0.1) is 12.7 Å². The lowest BCUT2D eigenvalue weighted by Gasteiger charge is -2.08.